The Morgan fingerprint density at radius 1 is 1.35 bits per heavy atom. The van der Waals surface area contributed by atoms with Crippen LogP contribution in [0.5, 0.6) is 0 Å². The first-order chi connectivity index (χ1) is 9.70. The van der Waals surface area contributed by atoms with Gasteiger partial charge in [0.25, 0.3) is 0 Å². The first-order valence-corrected chi connectivity index (χ1v) is 7.98. The van der Waals surface area contributed by atoms with E-state index < -0.39 is 0 Å². The van der Waals surface area contributed by atoms with E-state index in [1.54, 1.807) is 6.33 Å². The van der Waals surface area contributed by atoms with Gasteiger partial charge >= 0.3 is 0 Å². The van der Waals surface area contributed by atoms with E-state index in [4.69, 9.17) is 5.84 Å². The van der Waals surface area contributed by atoms with E-state index in [1.165, 1.54) is 25.8 Å². The average Bonchev–Trinajstić information content (AvgIpc) is 2.47. The van der Waals surface area contributed by atoms with Gasteiger partial charge in [-0.15, -0.1) is 0 Å². The van der Waals surface area contributed by atoms with E-state index >= 15 is 0 Å². The number of nitrogens with two attached hydrogens (primary N) is 1. The summed E-state index contributed by atoms with van der Waals surface area (Å²) in [4.78, 5) is 13.6. The summed E-state index contributed by atoms with van der Waals surface area (Å²) < 4.78 is 0.846. The number of nitrogens with zero attached hydrogens (tertiary/aromatic N) is 4. The van der Waals surface area contributed by atoms with Crippen LogP contribution in [-0.2, 0) is 0 Å². The molecule has 1 aromatic rings. The first kappa shape index (κ1) is 14.0. The zero-order chi connectivity index (χ0) is 14.1. The van der Waals surface area contributed by atoms with Crippen molar-refractivity contribution in [3.8, 4) is 0 Å². The molecule has 0 radical (unpaired) electrons. The van der Waals surface area contributed by atoms with Crippen molar-refractivity contribution < 1.29 is 0 Å². The second-order valence-electron chi connectivity index (χ2n) is 5.65. The van der Waals surface area contributed by atoms with Crippen LogP contribution in [0.2, 0.25) is 0 Å². The van der Waals surface area contributed by atoms with Crippen molar-refractivity contribution in [2.75, 3.05) is 30.0 Å². The SMILES string of the molecule is CC1CN2CCCCC2CN1c1ncnc(NN)c1Br. The summed E-state index contributed by atoms with van der Waals surface area (Å²) >= 11 is 3.57. The number of hydrazine groups is 1. The maximum Gasteiger partial charge on any atom is 0.159 e. The summed E-state index contributed by atoms with van der Waals surface area (Å²) in [5.74, 6) is 7.06. The Morgan fingerprint density at radius 2 is 2.20 bits per heavy atom. The number of aromatic nitrogens is 2. The third kappa shape index (κ3) is 2.49. The molecule has 1 aromatic heterocycles. The fourth-order valence-corrected chi connectivity index (χ4v) is 3.86. The molecule has 110 valence electrons. The van der Waals surface area contributed by atoms with Crippen LogP contribution in [0.4, 0.5) is 11.6 Å². The van der Waals surface area contributed by atoms with Gasteiger partial charge in [-0.05, 0) is 42.2 Å². The van der Waals surface area contributed by atoms with Gasteiger partial charge in [0, 0.05) is 25.2 Å². The van der Waals surface area contributed by atoms with Crippen LogP contribution in [0.25, 0.3) is 0 Å². The second kappa shape index (κ2) is 5.83. The van der Waals surface area contributed by atoms with Gasteiger partial charge in [-0.25, -0.2) is 15.8 Å². The zero-order valence-electron chi connectivity index (χ0n) is 11.7. The van der Waals surface area contributed by atoms with Crippen LogP contribution >= 0.6 is 15.9 Å². The molecule has 3 rings (SSSR count). The predicted octanol–water partition coefficient (Wildman–Crippen LogP) is 1.59. The van der Waals surface area contributed by atoms with Crippen LogP contribution < -0.4 is 16.2 Å². The number of fused-ring (bicyclic) bond motifs is 1. The van der Waals surface area contributed by atoms with Crippen LogP contribution in [-0.4, -0.2) is 46.6 Å². The minimum atomic E-state index is 0.446. The number of nitrogen functional groups attached to an aromatic ring is 1. The number of piperidine rings is 1. The van der Waals surface area contributed by atoms with Gasteiger partial charge in [0.2, 0.25) is 0 Å². The van der Waals surface area contributed by atoms with Gasteiger partial charge < -0.3 is 10.3 Å². The molecule has 0 aliphatic carbocycles. The molecule has 2 aliphatic heterocycles. The van der Waals surface area contributed by atoms with E-state index in [1.807, 2.05) is 0 Å². The molecule has 0 spiro atoms. The van der Waals surface area contributed by atoms with Crippen LogP contribution in [0.3, 0.4) is 0 Å². The molecule has 0 saturated carbocycles. The minimum Gasteiger partial charge on any atom is -0.350 e. The van der Waals surface area contributed by atoms with Gasteiger partial charge in [-0.3, -0.25) is 4.90 Å². The van der Waals surface area contributed by atoms with Crippen LogP contribution in [0.1, 0.15) is 26.2 Å². The monoisotopic (exact) mass is 340 g/mol. The number of hydrogen-bond acceptors (Lipinski definition) is 6. The molecule has 0 amide bonds. The number of halogens is 1. The van der Waals surface area contributed by atoms with Crippen molar-refractivity contribution in [1.29, 1.82) is 0 Å². The predicted molar refractivity (Wildman–Crippen MR) is 83.6 cm³/mol. The van der Waals surface area contributed by atoms with Crippen molar-refractivity contribution in [3.05, 3.63) is 10.8 Å². The molecule has 2 aliphatic rings. The van der Waals surface area contributed by atoms with Gasteiger partial charge in [0.05, 0.1) is 0 Å². The fraction of sp³-hybridized carbons (Fsp3) is 0.692. The maximum atomic E-state index is 5.49. The smallest absolute Gasteiger partial charge is 0.159 e. The van der Waals surface area contributed by atoms with E-state index in [0.29, 0.717) is 17.9 Å². The Kier molecular flexibility index (Phi) is 4.09. The lowest BCUT2D eigenvalue weighted by atomic mass is 9.97. The van der Waals surface area contributed by atoms with E-state index in [-0.39, 0.29) is 0 Å². The minimum absolute atomic E-state index is 0.446. The highest BCUT2D eigenvalue weighted by Gasteiger charge is 2.34. The molecule has 7 heteroatoms. The standard InChI is InChI=1S/C13H21BrN6/c1-9-6-19-5-3-2-4-10(19)7-20(9)13-11(14)12(18-15)16-8-17-13/h8-10H,2-7,15H2,1H3,(H,16,17,18). The van der Waals surface area contributed by atoms with Gasteiger partial charge in [-0.2, -0.15) is 0 Å². The maximum absolute atomic E-state index is 5.49. The second-order valence-corrected chi connectivity index (χ2v) is 6.44. The Morgan fingerprint density at radius 3 is 3.00 bits per heavy atom. The van der Waals surface area contributed by atoms with Crippen molar-refractivity contribution in [2.45, 2.75) is 38.3 Å². The van der Waals surface area contributed by atoms with Crippen LogP contribution in [0, 0.1) is 0 Å². The topological polar surface area (TPSA) is 70.3 Å². The Balaban J connectivity index is 1.86. The third-order valence-corrected chi connectivity index (χ3v) is 5.10. The summed E-state index contributed by atoms with van der Waals surface area (Å²) in [6, 6.07) is 1.09. The summed E-state index contributed by atoms with van der Waals surface area (Å²) in [5, 5.41) is 0. The average molecular weight is 341 g/mol. The summed E-state index contributed by atoms with van der Waals surface area (Å²) in [7, 11) is 0. The molecule has 3 N–H and O–H groups in total. The molecule has 2 fully saturated rings. The molecule has 6 nitrogen and oxygen atoms in total. The van der Waals surface area contributed by atoms with E-state index in [9.17, 15) is 0 Å². The lowest BCUT2D eigenvalue weighted by Gasteiger charge is -2.48. The highest BCUT2D eigenvalue weighted by Crippen LogP contribution is 2.33. The summed E-state index contributed by atoms with van der Waals surface area (Å²) in [5.41, 5.74) is 2.61. The highest BCUT2D eigenvalue weighted by atomic mass is 79.9. The van der Waals surface area contributed by atoms with Crippen molar-refractivity contribution in [3.63, 3.8) is 0 Å². The molecule has 2 atom stereocenters. The van der Waals surface area contributed by atoms with E-state index in [0.717, 1.165) is 23.4 Å². The third-order valence-electron chi connectivity index (χ3n) is 4.37. The molecule has 3 heterocycles. The molecule has 2 saturated heterocycles. The molecule has 0 bridgehead atoms. The largest absolute Gasteiger partial charge is 0.350 e. The Bertz CT molecular complexity index is 482. The number of anilines is 2. The quantitative estimate of drug-likeness (QED) is 0.629. The van der Waals surface area contributed by atoms with Crippen molar-refractivity contribution >= 4 is 27.6 Å². The Hall–Kier alpha value is -0.920. The lowest BCUT2D eigenvalue weighted by molar-refractivity contribution is 0.115. The van der Waals surface area contributed by atoms with E-state index in [2.05, 4.69) is 48.0 Å². The number of hydrogen-bond donors (Lipinski definition) is 2. The van der Waals surface area contributed by atoms with Crippen molar-refractivity contribution in [1.82, 2.24) is 14.9 Å². The molecule has 0 aromatic carbocycles. The van der Waals surface area contributed by atoms with Gasteiger partial charge in [0.15, 0.2) is 5.82 Å². The molecule has 2 unspecified atom stereocenters. The fourth-order valence-electron chi connectivity index (χ4n) is 3.31. The molecular weight excluding hydrogens is 320 g/mol. The number of rotatable bonds is 2. The van der Waals surface area contributed by atoms with Crippen molar-refractivity contribution in [2.24, 2.45) is 5.84 Å². The van der Waals surface area contributed by atoms with Crippen LogP contribution in [0.15, 0.2) is 10.8 Å². The Labute approximate surface area is 127 Å². The normalized spacial score (nSPS) is 27.2. The highest BCUT2D eigenvalue weighted by molar-refractivity contribution is 9.10. The number of nitrogens with one attached hydrogen (secondary N) is 1. The molecule has 20 heavy (non-hydrogen) atoms. The summed E-state index contributed by atoms with van der Waals surface area (Å²) in [6.07, 6.45) is 5.52. The molecular formula is C13H21BrN6. The zero-order valence-corrected chi connectivity index (χ0v) is 13.3. The van der Waals surface area contributed by atoms with Gasteiger partial charge in [-0.1, -0.05) is 6.42 Å². The number of piperazine rings is 1. The lowest BCUT2D eigenvalue weighted by Crippen LogP contribution is -2.59. The summed E-state index contributed by atoms with van der Waals surface area (Å²) in [6.45, 7) is 5.63. The van der Waals surface area contributed by atoms with Gasteiger partial charge in [0.1, 0.15) is 16.6 Å². The first-order valence-electron chi connectivity index (χ1n) is 7.18.